The second-order valence-electron chi connectivity index (χ2n) is 4.26. The standard InChI is InChI=1S/C13H13N3O3S/c1-15(8-10-3-2-6-20-10)11-5-4-9(13(14)17)7-12(11)16(18)19/h2-7H,8H2,1H3,(H2,14,17). The van der Waals surface area contributed by atoms with Crippen molar-refractivity contribution < 1.29 is 9.72 Å². The Kier molecular flexibility index (Phi) is 3.99. The number of nitrogens with zero attached hydrogens (tertiary/aromatic N) is 2. The van der Waals surface area contributed by atoms with Gasteiger partial charge in [0.2, 0.25) is 5.91 Å². The topological polar surface area (TPSA) is 89.5 Å². The minimum absolute atomic E-state index is 0.125. The van der Waals surface area contributed by atoms with Crippen molar-refractivity contribution in [2.24, 2.45) is 5.73 Å². The molecule has 0 spiro atoms. The van der Waals surface area contributed by atoms with Gasteiger partial charge in [-0.15, -0.1) is 11.3 Å². The highest BCUT2D eigenvalue weighted by Crippen LogP contribution is 2.29. The number of amides is 1. The molecule has 0 unspecified atom stereocenters. The summed E-state index contributed by atoms with van der Waals surface area (Å²) in [6.45, 7) is 0.564. The molecule has 0 fully saturated rings. The molecule has 0 saturated carbocycles. The molecule has 0 aliphatic heterocycles. The summed E-state index contributed by atoms with van der Waals surface area (Å²) in [6.07, 6.45) is 0. The first-order valence-electron chi connectivity index (χ1n) is 5.81. The Morgan fingerprint density at radius 3 is 2.75 bits per heavy atom. The van der Waals surface area contributed by atoms with Gasteiger partial charge in [0.15, 0.2) is 0 Å². The molecule has 1 amide bonds. The third-order valence-corrected chi connectivity index (χ3v) is 3.70. The number of hydrogen-bond acceptors (Lipinski definition) is 5. The van der Waals surface area contributed by atoms with Crippen molar-refractivity contribution in [3.05, 3.63) is 56.3 Å². The number of nitrogens with two attached hydrogens (primary N) is 1. The summed E-state index contributed by atoms with van der Waals surface area (Å²) < 4.78 is 0. The van der Waals surface area contributed by atoms with Crippen molar-refractivity contribution in [1.82, 2.24) is 0 Å². The molecule has 104 valence electrons. The lowest BCUT2D eigenvalue weighted by Gasteiger charge is -2.18. The van der Waals surface area contributed by atoms with Gasteiger partial charge in [-0.1, -0.05) is 6.07 Å². The van der Waals surface area contributed by atoms with E-state index in [1.807, 2.05) is 17.5 Å². The maximum absolute atomic E-state index is 11.1. The zero-order valence-corrected chi connectivity index (χ0v) is 11.6. The van der Waals surface area contributed by atoms with Crippen molar-refractivity contribution in [3.63, 3.8) is 0 Å². The molecule has 0 atom stereocenters. The lowest BCUT2D eigenvalue weighted by atomic mass is 10.1. The van der Waals surface area contributed by atoms with Gasteiger partial charge in [-0.05, 0) is 23.6 Å². The van der Waals surface area contributed by atoms with Gasteiger partial charge in [-0.3, -0.25) is 14.9 Å². The van der Waals surface area contributed by atoms with Crippen LogP contribution < -0.4 is 10.6 Å². The first-order chi connectivity index (χ1) is 9.49. The van der Waals surface area contributed by atoms with E-state index in [-0.39, 0.29) is 11.3 Å². The molecule has 0 aliphatic rings. The summed E-state index contributed by atoms with van der Waals surface area (Å²) >= 11 is 1.58. The van der Waals surface area contributed by atoms with E-state index in [0.29, 0.717) is 12.2 Å². The Bertz CT molecular complexity index is 640. The van der Waals surface area contributed by atoms with Crippen molar-refractivity contribution in [1.29, 1.82) is 0 Å². The average molecular weight is 291 g/mol. The van der Waals surface area contributed by atoms with Crippen LogP contribution in [0.5, 0.6) is 0 Å². The maximum atomic E-state index is 11.1. The molecule has 1 aromatic heterocycles. The van der Waals surface area contributed by atoms with Crippen LogP contribution in [0.4, 0.5) is 11.4 Å². The Hall–Kier alpha value is -2.41. The SMILES string of the molecule is CN(Cc1cccs1)c1ccc(C(N)=O)cc1[N+](=O)[O-]. The molecule has 1 heterocycles. The van der Waals surface area contributed by atoms with E-state index in [1.165, 1.54) is 12.1 Å². The van der Waals surface area contributed by atoms with Crippen LogP contribution in [0.2, 0.25) is 0 Å². The first-order valence-corrected chi connectivity index (χ1v) is 6.69. The average Bonchev–Trinajstić information content (AvgIpc) is 2.90. The molecule has 2 rings (SSSR count). The summed E-state index contributed by atoms with van der Waals surface area (Å²) in [4.78, 5) is 24.6. The predicted octanol–water partition coefficient (Wildman–Crippen LogP) is 2.39. The van der Waals surface area contributed by atoms with Crippen LogP contribution in [-0.2, 0) is 6.54 Å². The van der Waals surface area contributed by atoms with E-state index in [9.17, 15) is 14.9 Å². The summed E-state index contributed by atoms with van der Waals surface area (Å²) in [5.74, 6) is -0.680. The number of primary amides is 1. The normalized spacial score (nSPS) is 10.2. The highest BCUT2D eigenvalue weighted by molar-refractivity contribution is 7.09. The molecular weight excluding hydrogens is 278 g/mol. The van der Waals surface area contributed by atoms with Gasteiger partial charge in [0.1, 0.15) is 5.69 Å². The van der Waals surface area contributed by atoms with Crippen LogP contribution in [0, 0.1) is 10.1 Å². The fraction of sp³-hybridized carbons (Fsp3) is 0.154. The van der Waals surface area contributed by atoms with Crippen LogP contribution in [0.3, 0.4) is 0 Å². The largest absolute Gasteiger partial charge is 0.366 e. The Balaban J connectivity index is 2.35. The molecule has 0 saturated heterocycles. The molecule has 0 aliphatic carbocycles. The number of hydrogen-bond donors (Lipinski definition) is 1. The van der Waals surface area contributed by atoms with E-state index in [2.05, 4.69) is 0 Å². The number of nitro groups is 1. The molecule has 1 aromatic carbocycles. The van der Waals surface area contributed by atoms with Gasteiger partial charge in [0.05, 0.1) is 11.5 Å². The van der Waals surface area contributed by atoms with Gasteiger partial charge in [0.25, 0.3) is 5.69 Å². The molecule has 2 N–H and O–H groups in total. The monoisotopic (exact) mass is 291 g/mol. The van der Waals surface area contributed by atoms with Gasteiger partial charge in [-0.2, -0.15) is 0 Å². The smallest absolute Gasteiger partial charge is 0.293 e. The number of carbonyl (C=O) groups is 1. The first kappa shape index (κ1) is 14.0. The van der Waals surface area contributed by atoms with E-state index < -0.39 is 10.8 Å². The lowest BCUT2D eigenvalue weighted by Crippen LogP contribution is -2.18. The highest BCUT2D eigenvalue weighted by atomic mass is 32.1. The van der Waals surface area contributed by atoms with Crippen molar-refractivity contribution in [3.8, 4) is 0 Å². The molecule has 0 bridgehead atoms. The highest BCUT2D eigenvalue weighted by Gasteiger charge is 2.19. The van der Waals surface area contributed by atoms with Crippen molar-refractivity contribution >= 4 is 28.6 Å². The van der Waals surface area contributed by atoms with Crippen LogP contribution in [-0.4, -0.2) is 17.9 Å². The summed E-state index contributed by atoms with van der Waals surface area (Å²) in [5.41, 5.74) is 5.60. The third-order valence-electron chi connectivity index (χ3n) is 2.84. The van der Waals surface area contributed by atoms with E-state index in [1.54, 1.807) is 29.4 Å². The summed E-state index contributed by atoms with van der Waals surface area (Å²) in [5, 5.41) is 13.1. The van der Waals surface area contributed by atoms with E-state index >= 15 is 0 Å². The number of nitro benzene ring substituents is 1. The fourth-order valence-corrected chi connectivity index (χ4v) is 2.62. The molecule has 20 heavy (non-hydrogen) atoms. The lowest BCUT2D eigenvalue weighted by molar-refractivity contribution is -0.384. The van der Waals surface area contributed by atoms with Crippen LogP contribution in [0.15, 0.2) is 35.7 Å². The number of carbonyl (C=O) groups excluding carboxylic acids is 1. The Morgan fingerprint density at radius 2 is 2.20 bits per heavy atom. The molecule has 2 aromatic rings. The number of benzene rings is 1. The molecule has 7 heteroatoms. The molecule has 6 nitrogen and oxygen atoms in total. The predicted molar refractivity (Wildman–Crippen MR) is 78.0 cm³/mol. The number of thiophene rings is 1. The summed E-state index contributed by atoms with van der Waals surface area (Å²) in [6, 6.07) is 8.15. The van der Waals surface area contributed by atoms with Crippen LogP contribution >= 0.6 is 11.3 Å². The molecule has 0 radical (unpaired) electrons. The van der Waals surface area contributed by atoms with E-state index in [4.69, 9.17) is 5.73 Å². The quantitative estimate of drug-likeness (QED) is 0.676. The zero-order chi connectivity index (χ0) is 14.7. The number of anilines is 1. The van der Waals surface area contributed by atoms with Crippen molar-refractivity contribution in [2.45, 2.75) is 6.54 Å². The third kappa shape index (κ3) is 2.94. The van der Waals surface area contributed by atoms with Gasteiger partial charge in [0, 0.05) is 23.6 Å². The van der Waals surface area contributed by atoms with Crippen molar-refractivity contribution in [2.75, 3.05) is 11.9 Å². The number of rotatable bonds is 5. The zero-order valence-electron chi connectivity index (χ0n) is 10.8. The van der Waals surface area contributed by atoms with E-state index in [0.717, 1.165) is 4.88 Å². The van der Waals surface area contributed by atoms with Gasteiger partial charge in [-0.25, -0.2) is 0 Å². The summed E-state index contributed by atoms with van der Waals surface area (Å²) in [7, 11) is 1.77. The van der Waals surface area contributed by atoms with Crippen LogP contribution in [0.1, 0.15) is 15.2 Å². The maximum Gasteiger partial charge on any atom is 0.293 e. The minimum Gasteiger partial charge on any atom is -0.366 e. The Labute approximate surface area is 119 Å². The minimum atomic E-state index is -0.680. The molecular formula is C13H13N3O3S. The van der Waals surface area contributed by atoms with Gasteiger partial charge < -0.3 is 10.6 Å². The second kappa shape index (κ2) is 5.70. The van der Waals surface area contributed by atoms with Gasteiger partial charge >= 0.3 is 0 Å². The Morgan fingerprint density at radius 1 is 1.45 bits per heavy atom. The fourth-order valence-electron chi connectivity index (χ4n) is 1.87. The van der Waals surface area contributed by atoms with Crippen LogP contribution in [0.25, 0.3) is 0 Å². The second-order valence-corrected chi connectivity index (χ2v) is 5.29.